The van der Waals surface area contributed by atoms with Crippen LogP contribution >= 0.6 is 11.8 Å². The van der Waals surface area contributed by atoms with Gasteiger partial charge in [-0.1, -0.05) is 30.0 Å². The van der Waals surface area contributed by atoms with Crippen molar-refractivity contribution in [1.29, 1.82) is 5.26 Å². The zero-order chi connectivity index (χ0) is 10.1. The number of ether oxygens (including phenoxy) is 1. The number of rotatable bonds is 3. The van der Waals surface area contributed by atoms with Crippen molar-refractivity contribution >= 4 is 11.8 Å². The van der Waals surface area contributed by atoms with Gasteiger partial charge in [0.1, 0.15) is 17.8 Å². The van der Waals surface area contributed by atoms with Gasteiger partial charge in [-0.15, -0.1) is 0 Å². The van der Waals surface area contributed by atoms with E-state index in [1.807, 2.05) is 35.7 Å². The largest absolute Gasteiger partial charge is 0.481 e. The third kappa shape index (κ3) is 4.45. The van der Waals surface area contributed by atoms with Crippen molar-refractivity contribution in [3.63, 3.8) is 0 Å². The normalized spacial score (nSPS) is 8.21. The van der Waals surface area contributed by atoms with Crippen molar-refractivity contribution in [2.45, 2.75) is 0 Å². The molecule has 0 saturated heterocycles. The third-order valence-corrected chi connectivity index (χ3v) is 1.81. The van der Waals surface area contributed by atoms with Crippen LogP contribution in [0.2, 0.25) is 0 Å². The molecule has 0 aliphatic carbocycles. The smallest absolute Gasteiger partial charge is 0.149 e. The molecular weight excluding hydrogens is 194 g/mol. The predicted octanol–water partition coefficient (Wildman–Crippen LogP) is 2.28. The van der Waals surface area contributed by atoms with E-state index in [9.17, 15) is 0 Å². The van der Waals surface area contributed by atoms with Crippen LogP contribution in [0.4, 0.5) is 0 Å². The van der Waals surface area contributed by atoms with Gasteiger partial charge in [0.05, 0.1) is 5.75 Å². The van der Waals surface area contributed by atoms with Crippen LogP contribution in [-0.4, -0.2) is 12.4 Å². The van der Waals surface area contributed by atoms with E-state index in [1.165, 1.54) is 0 Å². The van der Waals surface area contributed by atoms with Gasteiger partial charge in [0.15, 0.2) is 0 Å². The van der Waals surface area contributed by atoms with Gasteiger partial charge >= 0.3 is 0 Å². The Balaban J connectivity index is 2.21. The summed E-state index contributed by atoms with van der Waals surface area (Å²) in [7, 11) is 0. The summed E-state index contributed by atoms with van der Waals surface area (Å²) in [6.45, 7) is 0.371. The summed E-state index contributed by atoms with van der Waals surface area (Å²) in [6, 6.07) is 9.52. The number of para-hydroxylation sites is 1. The van der Waals surface area contributed by atoms with E-state index < -0.39 is 0 Å². The van der Waals surface area contributed by atoms with Crippen LogP contribution in [0, 0.1) is 22.5 Å². The minimum absolute atomic E-state index is 0.371. The Morgan fingerprint density at radius 2 is 2.00 bits per heavy atom. The summed E-state index contributed by atoms with van der Waals surface area (Å²) < 4.78 is 5.32. The summed E-state index contributed by atoms with van der Waals surface area (Å²) in [5.41, 5.74) is 0. The number of thiocyanates is 1. The van der Waals surface area contributed by atoms with Crippen LogP contribution in [-0.2, 0) is 0 Å². The van der Waals surface area contributed by atoms with Gasteiger partial charge in [-0.05, 0) is 23.9 Å². The molecule has 0 aliphatic rings. The first-order valence-electron chi connectivity index (χ1n) is 4.08. The second kappa shape index (κ2) is 6.88. The van der Waals surface area contributed by atoms with Crippen LogP contribution in [0.1, 0.15) is 0 Å². The first kappa shape index (κ1) is 10.5. The van der Waals surface area contributed by atoms with Crippen LogP contribution in [0.25, 0.3) is 0 Å². The molecule has 1 aromatic carbocycles. The molecule has 0 aliphatic heterocycles. The maximum absolute atomic E-state index is 8.21. The monoisotopic (exact) mass is 203 g/mol. The average molecular weight is 203 g/mol. The van der Waals surface area contributed by atoms with Crippen molar-refractivity contribution in [3.8, 4) is 23.0 Å². The molecule has 0 spiro atoms. The first-order valence-corrected chi connectivity index (χ1v) is 5.06. The number of thioether (sulfide) groups is 1. The van der Waals surface area contributed by atoms with Gasteiger partial charge in [0.25, 0.3) is 0 Å². The Morgan fingerprint density at radius 1 is 1.21 bits per heavy atom. The predicted molar refractivity (Wildman–Crippen MR) is 57.8 cm³/mol. The van der Waals surface area contributed by atoms with E-state index in [0.717, 1.165) is 17.5 Å². The molecule has 1 aromatic rings. The summed E-state index contributed by atoms with van der Waals surface area (Å²) >= 11 is 1.13. The van der Waals surface area contributed by atoms with Crippen LogP contribution < -0.4 is 4.74 Å². The summed E-state index contributed by atoms with van der Waals surface area (Å²) in [5.74, 6) is 7.00. The molecule has 2 nitrogen and oxygen atoms in total. The number of nitriles is 1. The summed E-state index contributed by atoms with van der Waals surface area (Å²) in [6.07, 6.45) is 0. The van der Waals surface area contributed by atoms with E-state index in [1.54, 1.807) is 0 Å². The minimum Gasteiger partial charge on any atom is -0.481 e. The summed E-state index contributed by atoms with van der Waals surface area (Å²) in [4.78, 5) is 0. The Labute approximate surface area is 87.9 Å². The molecule has 0 saturated carbocycles. The number of hydrogen-bond donors (Lipinski definition) is 0. The third-order valence-electron chi connectivity index (χ3n) is 1.39. The zero-order valence-corrected chi connectivity index (χ0v) is 8.38. The highest BCUT2D eigenvalue weighted by Gasteiger charge is 1.86. The van der Waals surface area contributed by atoms with E-state index in [-0.39, 0.29) is 0 Å². The van der Waals surface area contributed by atoms with Gasteiger partial charge in [-0.2, -0.15) is 5.26 Å². The van der Waals surface area contributed by atoms with Gasteiger partial charge < -0.3 is 4.74 Å². The molecule has 0 aromatic heterocycles. The van der Waals surface area contributed by atoms with Crippen molar-refractivity contribution in [1.82, 2.24) is 0 Å². The van der Waals surface area contributed by atoms with Crippen molar-refractivity contribution < 1.29 is 4.74 Å². The molecule has 0 N–H and O–H groups in total. The van der Waals surface area contributed by atoms with Gasteiger partial charge in [0.2, 0.25) is 0 Å². The Bertz CT molecular complexity index is 358. The molecular formula is C11H9NOS. The lowest BCUT2D eigenvalue weighted by molar-refractivity contribution is 0.370. The molecule has 0 atom stereocenters. The fourth-order valence-electron chi connectivity index (χ4n) is 0.807. The van der Waals surface area contributed by atoms with Gasteiger partial charge in [-0.25, -0.2) is 0 Å². The molecule has 0 radical (unpaired) electrons. The van der Waals surface area contributed by atoms with E-state index in [0.29, 0.717) is 12.4 Å². The molecule has 0 amide bonds. The van der Waals surface area contributed by atoms with Crippen LogP contribution in [0.3, 0.4) is 0 Å². The Morgan fingerprint density at radius 3 is 2.71 bits per heavy atom. The van der Waals surface area contributed by atoms with E-state index in [2.05, 4.69) is 11.8 Å². The van der Waals surface area contributed by atoms with Gasteiger partial charge in [-0.3, -0.25) is 0 Å². The SMILES string of the molecule is N#CSCC#CCOc1ccccc1. The quantitative estimate of drug-likeness (QED) is 0.429. The van der Waals surface area contributed by atoms with Gasteiger partial charge in [0, 0.05) is 0 Å². The highest BCUT2D eigenvalue weighted by molar-refractivity contribution is 8.03. The Kier molecular flexibility index (Phi) is 5.16. The molecule has 0 heterocycles. The van der Waals surface area contributed by atoms with Crippen LogP contribution in [0.5, 0.6) is 5.75 Å². The lowest BCUT2D eigenvalue weighted by atomic mass is 10.3. The van der Waals surface area contributed by atoms with E-state index >= 15 is 0 Å². The second-order valence-electron chi connectivity index (χ2n) is 2.34. The molecule has 0 bridgehead atoms. The molecule has 1 rings (SSSR count). The summed E-state index contributed by atoms with van der Waals surface area (Å²) in [5, 5.41) is 10.2. The second-order valence-corrected chi connectivity index (χ2v) is 3.10. The molecule has 70 valence electrons. The topological polar surface area (TPSA) is 33.0 Å². The van der Waals surface area contributed by atoms with Crippen LogP contribution in [0.15, 0.2) is 30.3 Å². The molecule has 3 heteroatoms. The number of hydrogen-bond acceptors (Lipinski definition) is 3. The zero-order valence-electron chi connectivity index (χ0n) is 7.56. The maximum Gasteiger partial charge on any atom is 0.149 e. The maximum atomic E-state index is 8.21. The van der Waals surface area contributed by atoms with Crippen molar-refractivity contribution in [3.05, 3.63) is 30.3 Å². The fraction of sp³-hybridized carbons (Fsp3) is 0.182. The first-order chi connectivity index (χ1) is 6.93. The van der Waals surface area contributed by atoms with Crippen molar-refractivity contribution in [2.75, 3.05) is 12.4 Å². The number of benzene rings is 1. The molecule has 0 fully saturated rings. The molecule has 14 heavy (non-hydrogen) atoms. The minimum atomic E-state index is 0.371. The lowest BCUT2D eigenvalue weighted by Crippen LogP contribution is -1.93. The standard InChI is InChI=1S/C11H9NOS/c12-10-14-9-5-4-8-13-11-6-2-1-3-7-11/h1-3,6-7H,8-9H2. The average Bonchev–Trinajstić information content (AvgIpc) is 2.25. The van der Waals surface area contributed by atoms with E-state index in [4.69, 9.17) is 10.00 Å². The highest BCUT2D eigenvalue weighted by Crippen LogP contribution is 2.07. The van der Waals surface area contributed by atoms with Crippen molar-refractivity contribution in [2.24, 2.45) is 0 Å². The molecule has 0 unspecified atom stereocenters. The number of nitrogens with zero attached hydrogens (tertiary/aromatic N) is 1. The highest BCUT2D eigenvalue weighted by atomic mass is 32.2. The fourth-order valence-corrected chi connectivity index (χ4v) is 1.05. The Hall–Kier alpha value is -1.58. The lowest BCUT2D eigenvalue weighted by Gasteiger charge is -1.99.